The van der Waals surface area contributed by atoms with Crippen LogP contribution in [-0.2, 0) is 10.3 Å². The molecule has 0 radical (unpaired) electrons. The summed E-state index contributed by atoms with van der Waals surface area (Å²) in [4.78, 5) is 8.05. The fourth-order valence-electron chi connectivity index (χ4n) is 1.99. The number of aliphatic hydroxyl groups is 1. The summed E-state index contributed by atoms with van der Waals surface area (Å²) >= 11 is 0. The predicted molar refractivity (Wildman–Crippen MR) is 66.5 cm³/mol. The summed E-state index contributed by atoms with van der Waals surface area (Å²) in [6, 6.07) is 0.964. The van der Waals surface area contributed by atoms with Crippen LogP contribution in [0.15, 0.2) is 12.3 Å². The van der Waals surface area contributed by atoms with Crippen molar-refractivity contribution in [2.24, 2.45) is 0 Å². The van der Waals surface area contributed by atoms with Crippen LogP contribution in [0.3, 0.4) is 0 Å². The molecule has 1 aromatic heterocycles. The first-order valence-corrected chi connectivity index (χ1v) is 7.25. The second-order valence-electron chi connectivity index (χ2n) is 4.32. The molecule has 0 amide bonds. The van der Waals surface area contributed by atoms with Gasteiger partial charge < -0.3 is 10.4 Å². The summed E-state index contributed by atoms with van der Waals surface area (Å²) in [7, 11) is -4.29. The summed E-state index contributed by atoms with van der Waals surface area (Å²) < 4.78 is 32.9. The molecule has 0 saturated carbocycles. The van der Waals surface area contributed by atoms with Crippen molar-refractivity contribution in [3.05, 3.63) is 23.8 Å². The zero-order chi connectivity index (χ0) is 14.0. The number of nitrogens with zero attached hydrogens (tertiary/aromatic N) is 3. The van der Waals surface area contributed by atoms with E-state index in [0.29, 0.717) is 18.8 Å². The van der Waals surface area contributed by atoms with Crippen molar-refractivity contribution in [1.82, 2.24) is 19.6 Å². The zero-order valence-electron chi connectivity index (χ0n) is 10.4. The van der Waals surface area contributed by atoms with Crippen LogP contribution < -0.4 is 5.32 Å². The van der Waals surface area contributed by atoms with Crippen molar-refractivity contribution in [1.29, 1.82) is 0 Å². The molecule has 0 bridgehead atoms. The number of rotatable bonds is 3. The molecule has 2 atom stereocenters. The summed E-state index contributed by atoms with van der Waals surface area (Å²) in [5.74, 6) is 0.221. The third-order valence-electron chi connectivity index (χ3n) is 2.90. The van der Waals surface area contributed by atoms with E-state index in [4.69, 9.17) is 0 Å². The van der Waals surface area contributed by atoms with Crippen LogP contribution in [0, 0.1) is 0 Å². The lowest BCUT2D eigenvalue weighted by Crippen LogP contribution is -2.48. The first kappa shape index (κ1) is 14.3. The van der Waals surface area contributed by atoms with Crippen LogP contribution in [0.5, 0.6) is 0 Å². The fraction of sp³-hybridized carbons (Fsp3) is 0.600. The van der Waals surface area contributed by atoms with Crippen molar-refractivity contribution in [3.8, 4) is 0 Å². The molecule has 2 rings (SSSR count). The monoisotopic (exact) mass is 288 g/mol. The number of hydrogen-bond donors (Lipinski definition) is 3. The third-order valence-corrected chi connectivity index (χ3v) is 3.93. The molecule has 0 aromatic carbocycles. The quantitative estimate of drug-likeness (QED) is 0.628. The van der Waals surface area contributed by atoms with Gasteiger partial charge in [0.2, 0.25) is 0 Å². The Bertz CT molecular complexity index is 548. The number of hydrogen-bond acceptors (Lipinski definition) is 6. The summed E-state index contributed by atoms with van der Waals surface area (Å²) in [5.41, 5.74) is 0.440. The van der Waals surface area contributed by atoms with E-state index < -0.39 is 22.4 Å². The first-order chi connectivity index (χ1) is 8.89. The normalized spacial score (nSPS) is 23.2. The average molecular weight is 288 g/mol. The Morgan fingerprint density at radius 3 is 2.95 bits per heavy atom. The van der Waals surface area contributed by atoms with Crippen LogP contribution in [0.2, 0.25) is 0 Å². The Morgan fingerprint density at radius 2 is 2.32 bits per heavy atom. The van der Waals surface area contributed by atoms with E-state index >= 15 is 0 Å². The second kappa shape index (κ2) is 5.47. The van der Waals surface area contributed by atoms with Gasteiger partial charge in [0.25, 0.3) is 0 Å². The van der Waals surface area contributed by atoms with Gasteiger partial charge in [-0.05, 0) is 13.0 Å². The van der Waals surface area contributed by atoms with Crippen molar-refractivity contribution < 1.29 is 18.1 Å². The zero-order valence-corrected chi connectivity index (χ0v) is 11.2. The highest BCUT2D eigenvalue weighted by atomic mass is 32.2. The minimum atomic E-state index is -4.29. The maximum Gasteiger partial charge on any atom is 0.336 e. The van der Waals surface area contributed by atoms with Crippen molar-refractivity contribution in [3.63, 3.8) is 0 Å². The molecule has 19 heavy (non-hydrogen) atoms. The Morgan fingerprint density at radius 1 is 1.58 bits per heavy atom. The van der Waals surface area contributed by atoms with Gasteiger partial charge in [0.1, 0.15) is 6.10 Å². The number of piperazine rings is 1. The average Bonchev–Trinajstić information content (AvgIpc) is 2.38. The third kappa shape index (κ3) is 3.25. The predicted octanol–water partition coefficient (Wildman–Crippen LogP) is -0.721. The van der Waals surface area contributed by atoms with Crippen molar-refractivity contribution >= 4 is 10.3 Å². The second-order valence-corrected chi connectivity index (χ2v) is 5.69. The maximum atomic E-state index is 11.3. The van der Waals surface area contributed by atoms with Crippen LogP contribution in [0.25, 0.3) is 0 Å². The highest BCUT2D eigenvalue weighted by molar-refractivity contribution is 7.83. The topological polar surface area (TPSA) is 116 Å². The van der Waals surface area contributed by atoms with Gasteiger partial charge >= 0.3 is 10.3 Å². The van der Waals surface area contributed by atoms with E-state index in [1.165, 1.54) is 13.1 Å². The fourth-order valence-corrected chi connectivity index (χ4v) is 2.82. The van der Waals surface area contributed by atoms with Gasteiger partial charge in [-0.3, -0.25) is 4.55 Å². The molecule has 1 aliphatic heterocycles. The lowest BCUT2D eigenvalue weighted by atomic mass is 10.1. The Kier molecular flexibility index (Phi) is 4.11. The van der Waals surface area contributed by atoms with Crippen LogP contribution in [-0.4, -0.2) is 52.0 Å². The van der Waals surface area contributed by atoms with Crippen LogP contribution >= 0.6 is 0 Å². The molecule has 106 valence electrons. The molecule has 3 N–H and O–H groups in total. The standard InChI is InChI=1S/C10H16N4O4S/c1-7(15)10-12-3-2-8(13-10)9-6-11-4-5-14(9)19(16,17)18/h2-3,7,9,11,15H,4-6H2,1H3,(H,16,17,18). The maximum absolute atomic E-state index is 11.3. The number of aromatic nitrogens is 2. The molecule has 1 aliphatic rings. The molecular weight excluding hydrogens is 272 g/mol. The SMILES string of the molecule is CC(O)c1nccc(C2CNCCN2S(=O)(=O)O)n1. The van der Waals surface area contributed by atoms with E-state index in [1.54, 1.807) is 6.07 Å². The van der Waals surface area contributed by atoms with E-state index in [0.717, 1.165) is 4.31 Å². The van der Waals surface area contributed by atoms with Gasteiger partial charge in [-0.1, -0.05) is 0 Å². The lowest BCUT2D eigenvalue weighted by Gasteiger charge is -2.32. The Balaban J connectivity index is 2.35. The van der Waals surface area contributed by atoms with Gasteiger partial charge in [0.15, 0.2) is 5.82 Å². The van der Waals surface area contributed by atoms with Crippen LogP contribution in [0.4, 0.5) is 0 Å². The van der Waals surface area contributed by atoms with E-state index in [9.17, 15) is 18.1 Å². The van der Waals surface area contributed by atoms with E-state index in [-0.39, 0.29) is 12.4 Å². The molecule has 1 fully saturated rings. The molecule has 2 unspecified atom stereocenters. The molecule has 0 aliphatic carbocycles. The number of aliphatic hydroxyl groups excluding tert-OH is 1. The number of nitrogens with one attached hydrogen (secondary N) is 1. The van der Waals surface area contributed by atoms with E-state index in [1.807, 2.05) is 0 Å². The molecule has 1 saturated heterocycles. The minimum absolute atomic E-state index is 0.164. The van der Waals surface area contributed by atoms with Crippen molar-refractivity contribution in [2.45, 2.75) is 19.1 Å². The smallest absolute Gasteiger partial charge is 0.336 e. The van der Waals surface area contributed by atoms with Gasteiger partial charge in [-0.25, -0.2) is 9.97 Å². The van der Waals surface area contributed by atoms with Gasteiger partial charge in [-0.15, -0.1) is 0 Å². The highest BCUT2D eigenvalue weighted by Gasteiger charge is 2.33. The molecule has 2 heterocycles. The molecule has 0 spiro atoms. The summed E-state index contributed by atoms with van der Waals surface area (Å²) in [6.45, 7) is 2.50. The molecule has 9 heteroatoms. The summed E-state index contributed by atoms with van der Waals surface area (Å²) in [6.07, 6.45) is 0.622. The van der Waals surface area contributed by atoms with Gasteiger partial charge in [0, 0.05) is 25.8 Å². The van der Waals surface area contributed by atoms with E-state index in [2.05, 4.69) is 15.3 Å². The van der Waals surface area contributed by atoms with Gasteiger partial charge in [-0.2, -0.15) is 12.7 Å². The Labute approximate surface area is 111 Å². The van der Waals surface area contributed by atoms with Crippen molar-refractivity contribution in [2.75, 3.05) is 19.6 Å². The lowest BCUT2D eigenvalue weighted by molar-refractivity contribution is 0.186. The minimum Gasteiger partial charge on any atom is -0.385 e. The molecule has 8 nitrogen and oxygen atoms in total. The van der Waals surface area contributed by atoms with Crippen LogP contribution in [0.1, 0.15) is 30.6 Å². The first-order valence-electron chi connectivity index (χ1n) is 5.85. The van der Waals surface area contributed by atoms with Gasteiger partial charge in [0.05, 0.1) is 11.7 Å². The largest absolute Gasteiger partial charge is 0.385 e. The molecular formula is C10H16N4O4S. The highest BCUT2D eigenvalue weighted by Crippen LogP contribution is 2.23. The molecule has 1 aromatic rings. The Hall–Kier alpha value is -1.13. The summed E-state index contributed by atoms with van der Waals surface area (Å²) in [5, 5.41) is 12.5.